The van der Waals surface area contributed by atoms with Crippen molar-refractivity contribution in [1.29, 1.82) is 0 Å². The van der Waals surface area contributed by atoms with E-state index in [0.29, 0.717) is 23.3 Å². The van der Waals surface area contributed by atoms with Crippen LogP contribution in [0.25, 0.3) is 0 Å². The summed E-state index contributed by atoms with van der Waals surface area (Å²) in [4.78, 5) is 11.9. The number of carbonyl (C=O) groups excluding carboxylic acids is 1. The fourth-order valence-corrected chi connectivity index (χ4v) is 1.88. The van der Waals surface area contributed by atoms with Gasteiger partial charge >= 0.3 is 0 Å². The second-order valence-corrected chi connectivity index (χ2v) is 4.98. The van der Waals surface area contributed by atoms with Gasteiger partial charge in [0, 0.05) is 6.04 Å². The van der Waals surface area contributed by atoms with Crippen LogP contribution in [0.1, 0.15) is 18.9 Å². The average Bonchev–Trinajstić information content (AvgIpc) is 3.02. The Balaban J connectivity index is 1.89. The van der Waals surface area contributed by atoms with Crippen LogP contribution in [-0.4, -0.2) is 23.5 Å². The number of ether oxygens (including phenoxy) is 1. The Bertz CT molecular complexity index is 476. The van der Waals surface area contributed by atoms with E-state index in [9.17, 15) is 4.79 Å². The van der Waals surface area contributed by atoms with Crippen LogP contribution in [0, 0.1) is 5.92 Å². The first kappa shape index (κ1) is 12.8. The zero-order chi connectivity index (χ0) is 13.1. The molecule has 0 aromatic heterocycles. The third kappa shape index (κ3) is 3.20. The Morgan fingerprint density at radius 3 is 2.83 bits per heavy atom. The Kier molecular flexibility index (Phi) is 3.81. The minimum Gasteiger partial charge on any atom is -0.483 e. The van der Waals surface area contributed by atoms with Gasteiger partial charge in [-0.15, -0.1) is 0 Å². The van der Waals surface area contributed by atoms with Crippen LogP contribution in [0.4, 0.5) is 0 Å². The smallest absolute Gasteiger partial charge is 0.258 e. The summed E-state index contributed by atoms with van der Waals surface area (Å²) < 4.78 is 5.44. The number of amides is 1. The molecule has 1 fully saturated rings. The minimum absolute atomic E-state index is 0.0111. The number of hydrogen-bond donors (Lipinski definition) is 2. The van der Waals surface area contributed by atoms with Crippen molar-refractivity contribution >= 4 is 23.1 Å². The van der Waals surface area contributed by atoms with E-state index >= 15 is 0 Å². The first-order valence-electron chi connectivity index (χ1n) is 5.89. The monoisotopic (exact) mass is 264 g/mol. The molecule has 1 aromatic carbocycles. The highest BCUT2D eigenvalue weighted by molar-refractivity contribution is 7.80. The Hall–Kier alpha value is -1.62. The van der Waals surface area contributed by atoms with Gasteiger partial charge in [0.25, 0.3) is 5.91 Å². The van der Waals surface area contributed by atoms with E-state index < -0.39 is 0 Å². The van der Waals surface area contributed by atoms with Gasteiger partial charge in [-0.2, -0.15) is 0 Å². The van der Waals surface area contributed by atoms with Crippen molar-refractivity contribution in [2.24, 2.45) is 11.7 Å². The molecule has 1 aromatic rings. The molecule has 1 aliphatic rings. The number of para-hydroxylation sites is 1. The first-order chi connectivity index (χ1) is 8.58. The summed E-state index contributed by atoms with van der Waals surface area (Å²) in [5.41, 5.74) is 6.23. The van der Waals surface area contributed by atoms with E-state index in [1.807, 2.05) is 12.1 Å². The molecule has 2 rings (SSSR count). The van der Waals surface area contributed by atoms with Crippen molar-refractivity contribution in [2.75, 3.05) is 6.61 Å². The molecule has 2 atom stereocenters. The van der Waals surface area contributed by atoms with Gasteiger partial charge < -0.3 is 15.8 Å². The lowest BCUT2D eigenvalue weighted by Crippen LogP contribution is -2.31. The van der Waals surface area contributed by atoms with Crippen molar-refractivity contribution in [3.05, 3.63) is 29.8 Å². The van der Waals surface area contributed by atoms with E-state index in [0.717, 1.165) is 6.42 Å². The van der Waals surface area contributed by atoms with Crippen molar-refractivity contribution < 1.29 is 9.53 Å². The summed E-state index contributed by atoms with van der Waals surface area (Å²) >= 11 is 4.92. The summed E-state index contributed by atoms with van der Waals surface area (Å²) in [6.45, 7) is 2.09. The largest absolute Gasteiger partial charge is 0.483 e. The number of nitrogens with one attached hydrogen (secondary N) is 1. The van der Waals surface area contributed by atoms with E-state index in [1.54, 1.807) is 12.1 Å². The Morgan fingerprint density at radius 1 is 1.56 bits per heavy atom. The molecule has 0 saturated heterocycles. The van der Waals surface area contributed by atoms with Gasteiger partial charge in [0.1, 0.15) is 10.7 Å². The summed E-state index contributed by atoms with van der Waals surface area (Å²) in [7, 11) is 0. The molecule has 2 unspecified atom stereocenters. The molecule has 1 aliphatic carbocycles. The van der Waals surface area contributed by atoms with Crippen LogP contribution in [0.15, 0.2) is 24.3 Å². The van der Waals surface area contributed by atoms with Crippen molar-refractivity contribution in [1.82, 2.24) is 5.32 Å². The molecule has 1 saturated carbocycles. The number of carbonyl (C=O) groups is 1. The third-order valence-corrected chi connectivity index (χ3v) is 3.19. The zero-order valence-electron chi connectivity index (χ0n) is 10.2. The molecule has 0 radical (unpaired) electrons. The molecule has 1 amide bonds. The third-order valence-electron chi connectivity index (χ3n) is 2.97. The van der Waals surface area contributed by atoms with Gasteiger partial charge in [-0.1, -0.05) is 31.3 Å². The predicted octanol–water partition coefficient (Wildman–Crippen LogP) is 1.22. The molecule has 18 heavy (non-hydrogen) atoms. The number of thiocarbonyl (C=S) groups is 1. The fourth-order valence-electron chi connectivity index (χ4n) is 1.71. The highest BCUT2D eigenvalue weighted by atomic mass is 32.1. The summed E-state index contributed by atoms with van der Waals surface area (Å²) in [6.07, 6.45) is 1.05. The second kappa shape index (κ2) is 5.35. The Labute approximate surface area is 112 Å². The number of hydrogen-bond acceptors (Lipinski definition) is 3. The maximum Gasteiger partial charge on any atom is 0.258 e. The molecule has 5 heteroatoms. The van der Waals surface area contributed by atoms with Gasteiger partial charge in [-0.3, -0.25) is 4.79 Å². The number of nitrogens with two attached hydrogens (primary N) is 1. The van der Waals surface area contributed by atoms with Gasteiger partial charge in [-0.25, -0.2) is 0 Å². The lowest BCUT2D eigenvalue weighted by atomic mass is 10.2. The van der Waals surface area contributed by atoms with Crippen LogP contribution >= 0.6 is 12.2 Å². The lowest BCUT2D eigenvalue weighted by molar-refractivity contribution is -0.123. The molecule has 4 nitrogen and oxygen atoms in total. The second-order valence-electron chi connectivity index (χ2n) is 4.54. The minimum atomic E-state index is -0.109. The van der Waals surface area contributed by atoms with Crippen molar-refractivity contribution in [3.63, 3.8) is 0 Å². The van der Waals surface area contributed by atoms with Gasteiger partial charge in [0.05, 0.1) is 5.56 Å². The topological polar surface area (TPSA) is 64.3 Å². The summed E-state index contributed by atoms with van der Waals surface area (Å²) in [5, 5.41) is 2.89. The van der Waals surface area contributed by atoms with Crippen LogP contribution in [0.5, 0.6) is 5.75 Å². The SMILES string of the molecule is CC1CC1NC(=O)COc1ccccc1C(N)=S. The zero-order valence-corrected chi connectivity index (χ0v) is 11.0. The highest BCUT2D eigenvalue weighted by Crippen LogP contribution is 2.28. The summed E-state index contributed by atoms with van der Waals surface area (Å²) in [5.74, 6) is 1.02. The van der Waals surface area contributed by atoms with Crippen LogP contribution < -0.4 is 15.8 Å². The molecule has 0 heterocycles. The van der Waals surface area contributed by atoms with Gasteiger partial charge in [-0.05, 0) is 24.5 Å². The van der Waals surface area contributed by atoms with E-state index in [4.69, 9.17) is 22.7 Å². The molecule has 0 spiro atoms. The van der Waals surface area contributed by atoms with E-state index in [2.05, 4.69) is 12.2 Å². The quantitative estimate of drug-likeness (QED) is 0.785. The maximum absolute atomic E-state index is 11.6. The van der Waals surface area contributed by atoms with Crippen LogP contribution in [-0.2, 0) is 4.79 Å². The molecule has 0 bridgehead atoms. The number of rotatable bonds is 5. The van der Waals surface area contributed by atoms with E-state index in [-0.39, 0.29) is 17.5 Å². The van der Waals surface area contributed by atoms with E-state index in [1.165, 1.54) is 0 Å². The van der Waals surface area contributed by atoms with Crippen molar-refractivity contribution in [3.8, 4) is 5.75 Å². The average molecular weight is 264 g/mol. The standard InChI is InChI=1S/C13H16N2O2S/c1-8-6-10(8)15-12(16)7-17-11-5-3-2-4-9(11)13(14)18/h2-5,8,10H,6-7H2,1H3,(H2,14,18)(H,15,16). The first-order valence-corrected chi connectivity index (χ1v) is 6.29. The Morgan fingerprint density at radius 2 is 2.22 bits per heavy atom. The predicted molar refractivity (Wildman–Crippen MR) is 73.5 cm³/mol. The normalized spacial score (nSPS) is 21.2. The van der Waals surface area contributed by atoms with Crippen LogP contribution in [0.2, 0.25) is 0 Å². The van der Waals surface area contributed by atoms with Crippen LogP contribution in [0.3, 0.4) is 0 Å². The molecule has 3 N–H and O–H groups in total. The molecular formula is C13H16N2O2S. The van der Waals surface area contributed by atoms with Crippen molar-refractivity contribution in [2.45, 2.75) is 19.4 Å². The fraction of sp³-hybridized carbons (Fsp3) is 0.385. The molecular weight excluding hydrogens is 248 g/mol. The maximum atomic E-state index is 11.6. The van der Waals surface area contributed by atoms with Gasteiger partial charge in [0.15, 0.2) is 6.61 Å². The number of benzene rings is 1. The highest BCUT2D eigenvalue weighted by Gasteiger charge is 2.33. The van der Waals surface area contributed by atoms with Gasteiger partial charge in [0.2, 0.25) is 0 Å². The molecule has 0 aliphatic heterocycles. The molecule has 96 valence electrons. The summed E-state index contributed by atoms with van der Waals surface area (Å²) in [6, 6.07) is 7.48. The lowest BCUT2D eigenvalue weighted by Gasteiger charge is -2.10.